The van der Waals surface area contributed by atoms with E-state index >= 15 is 0 Å². The highest BCUT2D eigenvalue weighted by Crippen LogP contribution is 2.17. The molecule has 6 nitrogen and oxygen atoms in total. The van der Waals surface area contributed by atoms with Crippen LogP contribution in [0.5, 0.6) is 0 Å². The minimum atomic E-state index is -0.783. The topological polar surface area (TPSA) is 78.9 Å². The molecule has 0 aliphatic carbocycles. The van der Waals surface area contributed by atoms with Crippen LogP contribution in [0.25, 0.3) is 0 Å². The Labute approximate surface area is 479 Å². The lowest BCUT2D eigenvalue weighted by Crippen LogP contribution is -2.30. The molecule has 0 spiro atoms. The number of carbonyl (C=O) groups excluding carboxylic acids is 3. The van der Waals surface area contributed by atoms with Crippen LogP contribution in [-0.2, 0) is 28.6 Å². The second kappa shape index (κ2) is 65.6. The maximum absolute atomic E-state index is 12.9. The van der Waals surface area contributed by atoms with Crippen molar-refractivity contribution in [3.8, 4) is 0 Å². The number of esters is 3. The fraction of sp³-hybridized carbons (Fsp3) is 0.817. The van der Waals surface area contributed by atoms with E-state index in [1.165, 1.54) is 225 Å². The average Bonchev–Trinajstić information content (AvgIpc) is 3.43. The van der Waals surface area contributed by atoms with Gasteiger partial charge in [-0.2, -0.15) is 0 Å². The standard InChI is InChI=1S/C71H128O6/c1-4-7-10-13-16-19-22-25-28-31-34-36-38-40-43-46-49-52-55-58-61-64-70(73)76-67-68(66-75-69(72)63-60-57-54-51-48-45-42-39-33-30-27-24-21-18-15-12-9-6-3)77-71(74)65-62-59-56-53-50-47-44-41-37-35-32-29-26-23-20-17-14-11-8-5-2/h21-22,24-25,30-31,33-34,38,40,68H,4-20,23,26-29,32,35-37,39,41-67H2,1-3H3/b24-21-,25-22-,33-30-,34-31-,40-38-. The fourth-order valence-electron chi connectivity index (χ4n) is 9.89. The van der Waals surface area contributed by atoms with Gasteiger partial charge < -0.3 is 14.2 Å². The van der Waals surface area contributed by atoms with Gasteiger partial charge in [-0.25, -0.2) is 0 Å². The van der Waals surface area contributed by atoms with E-state index in [1.54, 1.807) is 0 Å². The molecule has 0 rings (SSSR count). The van der Waals surface area contributed by atoms with Crippen molar-refractivity contribution in [2.75, 3.05) is 13.2 Å². The average molecular weight is 1080 g/mol. The summed E-state index contributed by atoms with van der Waals surface area (Å²) in [5.41, 5.74) is 0. The van der Waals surface area contributed by atoms with Gasteiger partial charge in [0.2, 0.25) is 0 Å². The van der Waals surface area contributed by atoms with Crippen LogP contribution in [0.3, 0.4) is 0 Å². The van der Waals surface area contributed by atoms with Gasteiger partial charge in [0.25, 0.3) is 0 Å². The van der Waals surface area contributed by atoms with Crippen LogP contribution >= 0.6 is 0 Å². The molecule has 1 unspecified atom stereocenters. The summed E-state index contributed by atoms with van der Waals surface area (Å²) in [6.07, 6.45) is 83.7. The number of hydrogen-bond donors (Lipinski definition) is 0. The monoisotopic (exact) mass is 1080 g/mol. The van der Waals surface area contributed by atoms with E-state index in [-0.39, 0.29) is 31.1 Å². The predicted octanol–water partition coefficient (Wildman–Crippen LogP) is 23.1. The Balaban J connectivity index is 4.38. The summed E-state index contributed by atoms with van der Waals surface area (Å²) in [4.78, 5) is 38.4. The Kier molecular flexibility index (Phi) is 63.2. The smallest absolute Gasteiger partial charge is 0.306 e. The van der Waals surface area contributed by atoms with Crippen molar-refractivity contribution in [3.05, 3.63) is 60.8 Å². The first-order chi connectivity index (χ1) is 38.0. The second-order valence-corrected chi connectivity index (χ2v) is 22.7. The maximum Gasteiger partial charge on any atom is 0.306 e. The van der Waals surface area contributed by atoms with E-state index in [2.05, 4.69) is 81.5 Å². The predicted molar refractivity (Wildman–Crippen MR) is 335 cm³/mol. The van der Waals surface area contributed by atoms with Crippen LogP contribution < -0.4 is 0 Å². The molecule has 1 atom stereocenters. The summed E-state index contributed by atoms with van der Waals surface area (Å²) in [6.45, 7) is 6.65. The zero-order valence-corrected chi connectivity index (χ0v) is 51.5. The number of unbranched alkanes of at least 4 members (excludes halogenated alkanes) is 41. The van der Waals surface area contributed by atoms with E-state index in [0.29, 0.717) is 19.3 Å². The number of carbonyl (C=O) groups is 3. The Hall–Kier alpha value is -2.89. The van der Waals surface area contributed by atoms with Crippen LogP contribution in [0.1, 0.15) is 355 Å². The summed E-state index contributed by atoms with van der Waals surface area (Å²) < 4.78 is 17.0. The van der Waals surface area contributed by atoms with Crippen molar-refractivity contribution in [2.45, 2.75) is 361 Å². The molecule has 0 aliphatic rings. The molecule has 448 valence electrons. The van der Waals surface area contributed by atoms with E-state index < -0.39 is 6.10 Å². The van der Waals surface area contributed by atoms with E-state index in [1.807, 2.05) is 0 Å². The molecule has 0 fully saturated rings. The first kappa shape index (κ1) is 74.1. The molecule has 0 amide bonds. The molecule has 0 radical (unpaired) electrons. The van der Waals surface area contributed by atoms with Gasteiger partial charge in [0.1, 0.15) is 13.2 Å². The van der Waals surface area contributed by atoms with Crippen LogP contribution in [0.15, 0.2) is 60.8 Å². The summed E-state index contributed by atoms with van der Waals surface area (Å²) in [7, 11) is 0. The van der Waals surface area contributed by atoms with Gasteiger partial charge in [0, 0.05) is 19.3 Å². The molecule has 0 saturated heterocycles. The van der Waals surface area contributed by atoms with Gasteiger partial charge in [-0.15, -0.1) is 0 Å². The molecule has 6 heteroatoms. The minimum Gasteiger partial charge on any atom is -0.462 e. The Bertz CT molecular complexity index is 1380. The fourth-order valence-corrected chi connectivity index (χ4v) is 9.89. The molecule has 0 aromatic carbocycles. The van der Waals surface area contributed by atoms with Crippen molar-refractivity contribution >= 4 is 17.9 Å². The van der Waals surface area contributed by atoms with Gasteiger partial charge >= 0.3 is 17.9 Å². The van der Waals surface area contributed by atoms with Crippen molar-refractivity contribution in [3.63, 3.8) is 0 Å². The summed E-state index contributed by atoms with van der Waals surface area (Å²) >= 11 is 0. The molecule has 0 N–H and O–H groups in total. The zero-order valence-electron chi connectivity index (χ0n) is 51.5. The Morgan fingerprint density at radius 3 is 0.740 bits per heavy atom. The Morgan fingerprint density at radius 2 is 0.468 bits per heavy atom. The molecule has 0 saturated carbocycles. The van der Waals surface area contributed by atoms with E-state index in [4.69, 9.17) is 14.2 Å². The molecule has 0 aliphatic heterocycles. The van der Waals surface area contributed by atoms with Gasteiger partial charge in [0.15, 0.2) is 6.10 Å². The van der Waals surface area contributed by atoms with Crippen LogP contribution in [0.2, 0.25) is 0 Å². The van der Waals surface area contributed by atoms with Crippen molar-refractivity contribution in [1.29, 1.82) is 0 Å². The van der Waals surface area contributed by atoms with Crippen molar-refractivity contribution in [1.82, 2.24) is 0 Å². The molecule has 0 heterocycles. The Morgan fingerprint density at radius 1 is 0.260 bits per heavy atom. The third kappa shape index (κ3) is 63.8. The highest BCUT2D eigenvalue weighted by molar-refractivity contribution is 5.71. The maximum atomic E-state index is 12.9. The first-order valence-corrected chi connectivity index (χ1v) is 33.8. The molecular formula is C71H128O6. The lowest BCUT2D eigenvalue weighted by molar-refractivity contribution is -0.167. The lowest BCUT2D eigenvalue weighted by Gasteiger charge is -2.18. The zero-order chi connectivity index (χ0) is 55.7. The van der Waals surface area contributed by atoms with Gasteiger partial charge in [-0.05, 0) is 89.9 Å². The van der Waals surface area contributed by atoms with Gasteiger partial charge in [0.05, 0.1) is 0 Å². The van der Waals surface area contributed by atoms with Gasteiger partial charge in [-0.1, -0.05) is 306 Å². The van der Waals surface area contributed by atoms with Crippen LogP contribution in [-0.4, -0.2) is 37.2 Å². The summed E-state index contributed by atoms with van der Waals surface area (Å²) in [6, 6.07) is 0. The summed E-state index contributed by atoms with van der Waals surface area (Å²) in [5, 5.41) is 0. The number of allylic oxidation sites excluding steroid dienone is 10. The van der Waals surface area contributed by atoms with Crippen LogP contribution in [0.4, 0.5) is 0 Å². The lowest BCUT2D eigenvalue weighted by atomic mass is 10.0. The van der Waals surface area contributed by atoms with E-state index in [9.17, 15) is 14.4 Å². The molecule has 0 aromatic rings. The third-order valence-electron chi connectivity index (χ3n) is 15.0. The molecular weight excluding hydrogens is 949 g/mol. The minimum absolute atomic E-state index is 0.0796. The highest BCUT2D eigenvalue weighted by Gasteiger charge is 2.19. The number of rotatable bonds is 62. The number of ether oxygens (including phenoxy) is 3. The highest BCUT2D eigenvalue weighted by atomic mass is 16.6. The first-order valence-electron chi connectivity index (χ1n) is 33.8. The molecule has 0 aromatic heterocycles. The summed E-state index contributed by atoms with van der Waals surface area (Å²) in [5.74, 6) is -0.877. The number of hydrogen-bond acceptors (Lipinski definition) is 6. The second-order valence-electron chi connectivity index (χ2n) is 22.7. The van der Waals surface area contributed by atoms with Crippen molar-refractivity contribution in [2.24, 2.45) is 0 Å². The quantitative estimate of drug-likeness (QED) is 0.0261. The van der Waals surface area contributed by atoms with E-state index in [0.717, 1.165) is 89.9 Å². The van der Waals surface area contributed by atoms with Crippen LogP contribution in [0, 0.1) is 0 Å². The largest absolute Gasteiger partial charge is 0.462 e. The molecule has 0 bridgehead atoms. The molecule has 77 heavy (non-hydrogen) atoms. The van der Waals surface area contributed by atoms with Gasteiger partial charge in [-0.3, -0.25) is 14.4 Å². The SMILES string of the molecule is CCCCCC/C=C\C/C=C\CCCCCCCCCC(=O)OCC(COC(=O)CCCCCCCC/C=C\C/C=C\C/C=C\CCCCCCC)OC(=O)CCCCCCCCCCCCCCCCCCCCCC. The van der Waals surface area contributed by atoms with Crippen molar-refractivity contribution < 1.29 is 28.6 Å². The normalized spacial score (nSPS) is 12.4. The third-order valence-corrected chi connectivity index (χ3v) is 15.0.